The summed E-state index contributed by atoms with van der Waals surface area (Å²) in [5.41, 5.74) is 1.36. The summed E-state index contributed by atoms with van der Waals surface area (Å²) in [6.45, 7) is 6.26. The summed E-state index contributed by atoms with van der Waals surface area (Å²) in [4.78, 5) is 2.23. The Morgan fingerprint density at radius 1 is 1.42 bits per heavy atom. The van der Waals surface area contributed by atoms with Gasteiger partial charge in [-0.3, -0.25) is 0 Å². The minimum Gasteiger partial charge on any atom is -0.488 e. The molecule has 4 heteroatoms. The minimum atomic E-state index is 0.148. The molecule has 1 atom stereocenters. The van der Waals surface area contributed by atoms with Gasteiger partial charge in [-0.2, -0.15) is 0 Å². The van der Waals surface area contributed by atoms with Gasteiger partial charge in [0.25, 0.3) is 0 Å². The number of benzene rings is 1. The van der Waals surface area contributed by atoms with Crippen molar-refractivity contribution < 1.29 is 4.74 Å². The van der Waals surface area contributed by atoms with Gasteiger partial charge in [-0.15, -0.1) is 0 Å². The highest BCUT2D eigenvalue weighted by Gasteiger charge is 2.24. The van der Waals surface area contributed by atoms with Crippen LogP contribution in [0.15, 0.2) is 18.2 Å². The SMILES string of the molecule is CN(C)C(C)(C)CNCC1Cc2cc(Cl)ccc2O1. The predicted molar refractivity (Wildman–Crippen MR) is 80.2 cm³/mol. The van der Waals surface area contributed by atoms with E-state index >= 15 is 0 Å². The van der Waals surface area contributed by atoms with Crippen LogP contribution in [0, 0.1) is 0 Å². The first-order valence-corrected chi connectivity index (χ1v) is 7.09. The molecule has 0 amide bonds. The molecule has 0 aromatic heterocycles. The fraction of sp³-hybridized carbons (Fsp3) is 0.600. The molecule has 19 heavy (non-hydrogen) atoms. The zero-order valence-corrected chi connectivity index (χ0v) is 12.9. The number of fused-ring (bicyclic) bond motifs is 1. The van der Waals surface area contributed by atoms with E-state index in [0.717, 1.165) is 30.3 Å². The van der Waals surface area contributed by atoms with Crippen LogP contribution >= 0.6 is 11.6 Å². The lowest BCUT2D eigenvalue weighted by Crippen LogP contribution is -2.48. The largest absolute Gasteiger partial charge is 0.488 e. The first kappa shape index (κ1) is 14.6. The van der Waals surface area contributed by atoms with Gasteiger partial charge in [0, 0.05) is 30.1 Å². The van der Waals surface area contributed by atoms with Crippen molar-refractivity contribution in [2.75, 3.05) is 27.2 Å². The molecular formula is C15H23ClN2O. The van der Waals surface area contributed by atoms with Gasteiger partial charge in [0.05, 0.1) is 0 Å². The lowest BCUT2D eigenvalue weighted by molar-refractivity contribution is 0.174. The Labute approximate surface area is 120 Å². The third-order valence-electron chi connectivity index (χ3n) is 3.90. The van der Waals surface area contributed by atoms with Crippen molar-refractivity contribution in [3.63, 3.8) is 0 Å². The highest BCUT2D eigenvalue weighted by Crippen LogP contribution is 2.30. The summed E-state index contributed by atoms with van der Waals surface area (Å²) < 4.78 is 5.90. The summed E-state index contributed by atoms with van der Waals surface area (Å²) >= 11 is 5.99. The molecule has 2 rings (SSSR count). The first-order chi connectivity index (χ1) is 8.88. The molecule has 0 spiro atoms. The lowest BCUT2D eigenvalue weighted by atomic mass is 10.0. The van der Waals surface area contributed by atoms with Gasteiger partial charge in [0.15, 0.2) is 0 Å². The quantitative estimate of drug-likeness (QED) is 0.898. The Kier molecular flexibility index (Phi) is 4.39. The van der Waals surface area contributed by atoms with E-state index < -0.39 is 0 Å². The monoisotopic (exact) mass is 282 g/mol. The number of rotatable bonds is 5. The molecule has 1 aliphatic rings. The van der Waals surface area contributed by atoms with Gasteiger partial charge >= 0.3 is 0 Å². The third kappa shape index (κ3) is 3.62. The normalized spacial score (nSPS) is 18.5. The molecule has 0 saturated heterocycles. The van der Waals surface area contributed by atoms with Crippen molar-refractivity contribution in [3.8, 4) is 5.75 Å². The molecule has 0 aliphatic carbocycles. The molecule has 0 radical (unpaired) electrons. The second-order valence-electron chi connectivity index (χ2n) is 6.03. The summed E-state index contributed by atoms with van der Waals surface area (Å²) in [5.74, 6) is 0.975. The van der Waals surface area contributed by atoms with Gasteiger partial charge in [0.2, 0.25) is 0 Å². The third-order valence-corrected chi connectivity index (χ3v) is 4.14. The Hall–Kier alpha value is -0.770. The van der Waals surface area contributed by atoms with Crippen molar-refractivity contribution in [1.82, 2.24) is 10.2 Å². The number of nitrogens with one attached hydrogen (secondary N) is 1. The molecule has 0 fully saturated rings. The fourth-order valence-electron chi connectivity index (χ4n) is 2.10. The van der Waals surface area contributed by atoms with E-state index in [1.807, 2.05) is 18.2 Å². The molecule has 1 N–H and O–H groups in total. The first-order valence-electron chi connectivity index (χ1n) is 6.72. The van der Waals surface area contributed by atoms with Crippen LogP contribution in [0.2, 0.25) is 5.02 Å². The Balaban J connectivity index is 1.81. The lowest BCUT2D eigenvalue weighted by Gasteiger charge is -2.33. The van der Waals surface area contributed by atoms with Crippen LogP contribution in [0.4, 0.5) is 0 Å². The molecule has 3 nitrogen and oxygen atoms in total. The number of halogens is 1. The number of likely N-dealkylation sites (N-methyl/N-ethyl adjacent to an activating group) is 1. The summed E-state index contributed by atoms with van der Waals surface area (Å²) in [7, 11) is 4.21. The molecule has 0 bridgehead atoms. The van der Waals surface area contributed by atoms with E-state index in [1.165, 1.54) is 5.56 Å². The van der Waals surface area contributed by atoms with Crippen LogP contribution in [0.1, 0.15) is 19.4 Å². The summed E-state index contributed by atoms with van der Waals surface area (Å²) in [5, 5.41) is 4.28. The van der Waals surface area contributed by atoms with Crippen LogP contribution in [0.3, 0.4) is 0 Å². The highest BCUT2D eigenvalue weighted by atomic mass is 35.5. The van der Waals surface area contributed by atoms with Crippen LogP contribution < -0.4 is 10.1 Å². The van der Waals surface area contributed by atoms with Crippen LogP contribution in [-0.2, 0) is 6.42 Å². The predicted octanol–water partition coefficient (Wildman–Crippen LogP) is 2.57. The Morgan fingerprint density at radius 2 is 2.16 bits per heavy atom. The molecule has 1 unspecified atom stereocenters. The van der Waals surface area contributed by atoms with E-state index in [0.29, 0.717) is 0 Å². The smallest absolute Gasteiger partial charge is 0.123 e. The van der Waals surface area contributed by atoms with Crippen molar-refractivity contribution in [3.05, 3.63) is 28.8 Å². The van der Waals surface area contributed by atoms with Gasteiger partial charge in [-0.1, -0.05) is 11.6 Å². The fourth-order valence-corrected chi connectivity index (χ4v) is 2.29. The van der Waals surface area contributed by atoms with E-state index in [4.69, 9.17) is 16.3 Å². The van der Waals surface area contributed by atoms with Crippen LogP contribution in [0.25, 0.3) is 0 Å². The van der Waals surface area contributed by atoms with Crippen molar-refractivity contribution in [1.29, 1.82) is 0 Å². The molecule has 1 aromatic rings. The second-order valence-corrected chi connectivity index (χ2v) is 6.47. The van der Waals surface area contributed by atoms with Crippen molar-refractivity contribution in [2.24, 2.45) is 0 Å². The Morgan fingerprint density at radius 3 is 2.84 bits per heavy atom. The maximum Gasteiger partial charge on any atom is 0.123 e. The summed E-state index contributed by atoms with van der Waals surface area (Å²) in [6, 6.07) is 5.84. The highest BCUT2D eigenvalue weighted by molar-refractivity contribution is 6.30. The second kappa shape index (κ2) is 5.70. The molecule has 1 heterocycles. The van der Waals surface area contributed by atoms with Gasteiger partial charge in [-0.05, 0) is 51.7 Å². The van der Waals surface area contributed by atoms with E-state index in [-0.39, 0.29) is 11.6 Å². The number of ether oxygens (including phenoxy) is 1. The Bertz CT molecular complexity index is 446. The zero-order chi connectivity index (χ0) is 14.0. The van der Waals surface area contributed by atoms with E-state index in [2.05, 4.69) is 38.2 Å². The van der Waals surface area contributed by atoms with E-state index in [9.17, 15) is 0 Å². The summed E-state index contributed by atoms with van der Waals surface area (Å²) in [6.07, 6.45) is 1.15. The number of hydrogen-bond acceptors (Lipinski definition) is 3. The topological polar surface area (TPSA) is 24.5 Å². The molecule has 1 aliphatic heterocycles. The van der Waals surface area contributed by atoms with Crippen molar-refractivity contribution in [2.45, 2.75) is 31.9 Å². The average molecular weight is 283 g/mol. The van der Waals surface area contributed by atoms with Gasteiger partial charge in [-0.25, -0.2) is 0 Å². The maximum absolute atomic E-state index is 5.99. The van der Waals surface area contributed by atoms with Crippen LogP contribution in [0.5, 0.6) is 5.75 Å². The van der Waals surface area contributed by atoms with Gasteiger partial charge in [0.1, 0.15) is 11.9 Å². The van der Waals surface area contributed by atoms with Crippen molar-refractivity contribution >= 4 is 11.6 Å². The average Bonchev–Trinajstić information content (AvgIpc) is 2.70. The maximum atomic E-state index is 5.99. The molecule has 0 saturated carbocycles. The van der Waals surface area contributed by atoms with Crippen LogP contribution in [-0.4, -0.2) is 43.7 Å². The van der Waals surface area contributed by atoms with Gasteiger partial charge < -0.3 is 15.0 Å². The zero-order valence-electron chi connectivity index (χ0n) is 12.2. The van der Waals surface area contributed by atoms with E-state index in [1.54, 1.807) is 0 Å². The minimum absolute atomic E-state index is 0.148. The number of nitrogens with zero attached hydrogens (tertiary/aromatic N) is 1. The number of hydrogen-bond donors (Lipinski definition) is 1. The standard InChI is InChI=1S/C15H23ClN2O/c1-15(2,18(3)4)10-17-9-13-8-11-7-12(16)5-6-14(11)19-13/h5-7,13,17H,8-10H2,1-4H3. The molecule has 1 aromatic carbocycles. The molecule has 106 valence electrons. The molecular weight excluding hydrogens is 260 g/mol.